The van der Waals surface area contributed by atoms with Crippen LogP contribution in [0.1, 0.15) is 36.8 Å². The number of halogens is 1. The molecule has 0 radical (unpaired) electrons. The van der Waals surface area contributed by atoms with Gasteiger partial charge in [0.2, 0.25) is 0 Å². The van der Waals surface area contributed by atoms with E-state index in [1.54, 1.807) is 6.07 Å². The lowest BCUT2D eigenvalue weighted by atomic mass is 9.88. The monoisotopic (exact) mass is 253 g/mol. The van der Waals surface area contributed by atoms with Crippen LogP contribution in [0, 0.1) is 0 Å². The van der Waals surface area contributed by atoms with E-state index >= 15 is 0 Å². The molecule has 0 aliphatic rings. The number of carboxylic acids is 1. The Morgan fingerprint density at radius 3 is 2.65 bits per heavy atom. The van der Waals surface area contributed by atoms with Crippen molar-refractivity contribution in [2.75, 3.05) is 0 Å². The van der Waals surface area contributed by atoms with Crippen molar-refractivity contribution in [3.05, 3.63) is 28.7 Å². The van der Waals surface area contributed by atoms with Gasteiger partial charge in [-0.25, -0.2) is 14.3 Å². The minimum atomic E-state index is -1.08. The molecule has 0 amide bonds. The maximum absolute atomic E-state index is 10.9. The van der Waals surface area contributed by atoms with Crippen LogP contribution in [-0.2, 0) is 5.41 Å². The summed E-state index contributed by atoms with van der Waals surface area (Å²) in [6.45, 7) is 6.02. The second-order valence-corrected chi connectivity index (χ2v) is 5.22. The molecule has 0 atom stereocenters. The fourth-order valence-electron chi connectivity index (χ4n) is 1.60. The maximum atomic E-state index is 10.9. The molecule has 2 aromatic rings. The molecule has 17 heavy (non-hydrogen) atoms. The summed E-state index contributed by atoms with van der Waals surface area (Å²) >= 11 is 5.91. The van der Waals surface area contributed by atoms with E-state index in [2.05, 4.69) is 10.1 Å². The number of nitrogens with zero attached hydrogens (tertiary/aromatic N) is 3. The van der Waals surface area contributed by atoms with Crippen LogP contribution in [0.15, 0.2) is 12.3 Å². The fraction of sp³-hybridized carbons (Fsp3) is 0.364. The number of rotatable bonds is 1. The predicted molar refractivity (Wildman–Crippen MR) is 63.7 cm³/mol. The van der Waals surface area contributed by atoms with Crippen molar-refractivity contribution in [1.82, 2.24) is 14.6 Å². The highest BCUT2D eigenvalue weighted by Gasteiger charge is 2.21. The van der Waals surface area contributed by atoms with Gasteiger partial charge in [0, 0.05) is 5.56 Å². The van der Waals surface area contributed by atoms with Crippen LogP contribution in [0.3, 0.4) is 0 Å². The molecule has 0 aliphatic carbocycles. The third-order valence-electron chi connectivity index (χ3n) is 2.42. The zero-order valence-corrected chi connectivity index (χ0v) is 10.5. The summed E-state index contributed by atoms with van der Waals surface area (Å²) in [5.41, 5.74) is 1.17. The number of aromatic carboxylic acids is 1. The van der Waals surface area contributed by atoms with Gasteiger partial charge >= 0.3 is 5.97 Å². The highest BCUT2D eigenvalue weighted by molar-refractivity contribution is 6.29. The Kier molecular flexibility index (Phi) is 2.58. The first-order chi connectivity index (χ1) is 7.79. The second-order valence-electron chi connectivity index (χ2n) is 4.83. The Balaban J connectivity index is 2.79. The summed E-state index contributed by atoms with van der Waals surface area (Å²) in [5.74, 6) is -1.08. The lowest BCUT2D eigenvalue weighted by molar-refractivity contribution is 0.0691. The van der Waals surface area contributed by atoms with Crippen molar-refractivity contribution < 1.29 is 9.90 Å². The number of imidazole rings is 1. The molecule has 0 saturated heterocycles. The molecule has 90 valence electrons. The minimum Gasteiger partial charge on any atom is -0.476 e. The average molecular weight is 254 g/mol. The molecule has 5 nitrogen and oxygen atoms in total. The maximum Gasteiger partial charge on any atom is 0.356 e. The van der Waals surface area contributed by atoms with Gasteiger partial charge < -0.3 is 5.11 Å². The molecule has 6 heteroatoms. The van der Waals surface area contributed by atoms with Crippen molar-refractivity contribution in [2.24, 2.45) is 0 Å². The third-order valence-corrected chi connectivity index (χ3v) is 2.61. The zero-order chi connectivity index (χ0) is 12.8. The Bertz CT molecular complexity index is 599. The Labute approximate surface area is 103 Å². The molecule has 1 N–H and O–H groups in total. The number of hydrogen-bond acceptors (Lipinski definition) is 3. The Morgan fingerprint density at radius 1 is 1.47 bits per heavy atom. The van der Waals surface area contributed by atoms with Crippen LogP contribution in [0.2, 0.25) is 5.15 Å². The van der Waals surface area contributed by atoms with Gasteiger partial charge in [0.15, 0.2) is 11.3 Å². The van der Waals surface area contributed by atoms with E-state index in [9.17, 15) is 4.79 Å². The van der Waals surface area contributed by atoms with Crippen molar-refractivity contribution in [2.45, 2.75) is 26.2 Å². The Morgan fingerprint density at radius 2 is 2.12 bits per heavy atom. The normalized spacial score (nSPS) is 12.0. The summed E-state index contributed by atoms with van der Waals surface area (Å²) in [7, 11) is 0. The third kappa shape index (κ3) is 2.10. The van der Waals surface area contributed by atoms with Crippen LogP contribution in [-0.4, -0.2) is 25.7 Å². The molecule has 0 saturated carbocycles. The van der Waals surface area contributed by atoms with Crippen LogP contribution in [0.4, 0.5) is 0 Å². The molecule has 2 heterocycles. The molecule has 0 spiro atoms. The van der Waals surface area contributed by atoms with E-state index in [0.717, 1.165) is 5.56 Å². The molecular formula is C11H12ClN3O2. The van der Waals surface area contributed by atoms with E-state index in [0.29, 0.717) is 10.8 Å². The zero-order valence-electron chi connectivity index (χ0n) is 9.73. The Hall–Kier alpha value is -1.62. The molecule has 0 aromatic carbocycles. The first-order valence-corrected chi connectivity index (χ1v) is 5.46. The van der Waals surface area contributed by atoms with Gasteiger partial charge in [0.25, 0.3) is 0 Å². The summed E-state index contributed by atoms with van der Waals surface area (Å²) < 4.78 is 1.41. The van der Waals surface area contributed by atoms with Gasteiger partial charge in [-0.3, -0.25) is 0 Å². The van der Waals surface area contributed by atoms with E-state index < -0.39 is 5.97 Å². The minimum absolute atomic E-state index is 0.0368. The fourth-order valence-corrected chi connectivity index (χ4v) is 1.79. The SMILES string of the molecule is CC(C)(C)c1cc(Cl)nn2cc(C(=O)O)nc12. The van der Waals surface area contributed by atoms with Crippen molar-refractivity contribution in [3.8, 4) is 0 Å². The molecule has 2 rings (SSSR count). The largest absolute Gasteiger partial charge is 0.476 e. The number of hydrogen-bond donors (Lipinski definition) is 1. The first-order valence-electron chi connectivity index (χ1n) is 5.09. The van der Waals surface area contributed by atoms with Gasteiger partial charge in [-0.1, -0.05) is 32.4 Å². The van der Waals surface area contributed by atoms with Crippen molar-refractivity contribution in [1.29, 1.82) is 0 Å². The number of carbonyl (C=O) groups is 1. The molecular weight excluding hydrogens is 242 g/mol. The van der Waals surface area contributed by atoms with Crippen LogP contribution < -0.4 is 0 Å². The van der Waals surface area contributed by atoms with Crippen LogP contribution in [0.25, 0.3) is 5.65 Å². The predicted octanol–water partition coefficient (Wildman–Crippen LogP) is 2.38. The lowest BCUT2D eigenvalue weighted by Gasteiger charge is -2.19. The van der Waals surface area contributed by atoms with E-state index in [4.69, 9.17) is 16.7 Å². The lowest BCUT2D eigenvalue weighted by Crippen LogP contribution is -2.14. The van der Waals surface area contributed by atoms with Crippen molar-refractivity contribution >= 4 is 23.2 Å². The van der Waals surface area contributed by atoms with E-state index in [-0.39, 0.29) is 11.1 Å². The van der Waals surface area contributed by atoms with Gasteiger partial charge in [-0.2, -0.15) is 5.10 Å². The highest BCUT2D eigenvalue weighted by Crippen LogP contribution is 2.27. The molecule has 0 bridgehead atoms. The topological polar surface area (TPSA) is 67.5 Å². The van der Waals surface area contributed by atoms with Crippen LogP contribution in [0.5, 0.6) is 0 Å². The summed E-state index contributed by atoms with van der Waals surface area (Å²) in [5, 5.41) is 13.2. The average Bonchev–Trinajstić information content (AvgIpc) is 2.58. The van der Waals surface area contributed by atoms with Gasteiger partial charge in [-0.15, -0.1) is 0 Å². The van der Waals surface area contributed by atoms with Gasteiger partial charge in [0.05, 0.1) is 6.20 Å². The molecule has 0 unspecified atom stereocenters. The van der Waals surface area contributed by atoms with Gasteiger partial charge in [-0.05, 0) is 11.5 Å². The smallest absolute Gasteiger partial charge is 0.356 e. The van der Waals surface area contributed by atoms with E-state index in [1.165, 1.54) is 10.7 Å². The van der Waals surface area contributed by atoms with Crippen molar-refractivity contribution in [3.63, 3.8) is 0 Å². The number of aromatic nitrogens is 3. The molecule has 0 fully saturated rings. The quantitative estimate of drug-likeness (QED) is 0.847. The summed E-state index contributed by atoms with van der Waals surface area (Å²) in [4.78, 5) is 14.9. The highest BCUT2D eigenvalue weighted by atomic mass is 35.5. The molecule has 2 aromatic heterocycles. The first kappa shape index (κ1) is 11.9. The van der Waals surface area contributed by atoms with E-state index in [1.807, 2.05) is 20.8 Å². The standard InChI is InChI=1S/C11H12ClN3O2/c1-11(2,3)6-4-8(12)14-15-5-7(10(16)17)13-9(6)15/h4-5H,1-3H3,(H,16,17). The molecule has 0 aliphatic heterocycles. The van der Waals surface area contributed by atoms with Crippen LogP contribution >= 0.6 is 11.6 Å². The number of carboxylic acid groups (broad SMARTS) is 1. The summed E-state index contributed by atoms with van der Waals surface area (Å²) in [6, 6.07) is 1.72. The van der Waals surface area contributed by atoms with Gasteiger partial charge in [0.1, 0.15) is 5.15 Å². The number of fused-ring (bicyclic) bond motifs is 1. The summed E-state index contributed by atoms with van der Waals surface area (Å²) in [6.07, 6.45) is 1.36. The second kappa shape index (κ2) is 3.70.